The van der Waals surface area contributed by atoms with Gasteiger partial charge < -0.3 is 15.0 Å². The molecule has 1 heterocycles. The van der Waals surface area contributed by atoms with Gasteiger partial charge in [-0.1, -0.05) is 12.1 Å². The lowest BCUT2D eigenvalue weighted by molar-refractivity contribution is -0.134. The predicted octanol–water partition coefficient (Wildman–Crippen LogP) is 2.03. The van der Waals surface area contributed by atoms with Crippen LogP contribution in [0.2, 0.25) is 0 Å². The van der Waals surface area contributed by atoms with Gasteiger partial charge in [0.05, 0.1) is 12.2 Å². The number of alkyl halides is 2. The van der Waals surface area contributed by atoms with E-state index >= 15 is 0 Å². The summed E-state index contributed by atoms with van der Waals surface area (Å²) in [5, 5.41) is 2.60. The number of amides is 2. The largest absolute Gasteiger partial charge is 0.433 e. The molecule has 138 valence electrons. The first-order valence-corrected chi connectivity index (χ1v) is 8.14. The van der Waals surface area contributed by atoms with Crippen LogP contribution in [-0.2, 0) is 9.59 Å². The van der Waals surface area contributed by atoms with Crippen molar-refractivity contribution in [2.75, 3.05) is 39.0 Å². The van der Waals surface area contributed by atoms with Gasteiger partial charge in [-0.25, -0.2) is 0 Å². The minimum atomic E-state index is -2.95. The Balaban J connectivity index is 1.85. The van der Waals surface area contributed by atoms with Gasteiger partial charge in [0.15, 0.2) is 0 Å². The molecule has 1 aromatic carbocycles. The summed E-state index contributed by atoms with van der Waals surface area (Å²) in [5.74, 6) is -0.263. The first kappa shape index (κ1) is 19.1. The molecule has 25 heavy (non-hydrogen) atoms. The number of carbonyl (C=O) groups excluding carboxylic acids is 2. The zero-order valence-corrected chi connectivity index (χ0v) is 14.4. The molecular formula is C17H23F2N3O3. The SMILES string of the molecule is CN(C)C(=O)C1CCN(CC(=O)Nc2ccccc2OC(F)F)CC1. The number of ether oxygens (including phenoxy) is 1. The average molecular weight is 355 g/mol. The Kier molecular flexibility index (Phi) is 6.69. The molecule has 0 spiro atoms. The van der Waals surface area contributed by atoms with E-state index in [9.17, 15) is 18.4 Å². The van der Waals surface area contributed by atoms with Crippen LogP contribution in [0.15, 0.2) is 24.3 Å². The Labute approximate surface area is 145 Å². The first-order chi connectivity index (χ1) is 11.9. The van der Waals surface area contributed by atoms with E-state index < -0.39 is 6.61 Å². The van der Waals surface area contributed by atoms with E-state index in [1.165, 1.54) is 12.1 Å². The number of nitrogens with one attached hydrogen (secondary N) is 1. The molecule has 0 unspecified atom stereocenters. The molecule has 0 aliphatic carbocycles. The summed E-state index contributed by atoms with van der Waals surface area (Å²) in [4.78, 5) is 27.7. The predicted molar refractivity (Wildman–Crippen MR) is 89.6 cm³/mol. The number of para-hydroxylation sites is 2. The highest BCUT2D eigenvalue weighted by molar-refractivity contribution is 5.93. The number of hydrogen-bond acceptors (Lipinski definition) is 4. The van der Waals surface area contributed by atoms with Gasteiger partial charge in [0.1, 0.15) is 5.75 Å². The van der Waals surface area contributed by atoms with E-state index in [1.807, 2.05) is 4.90 Å². The molecule has 8 heteroatoms. The maximum atomic E-state index is 12.4. The molecule has 1 aromatic rings. The number of piperidine rings is 1. The van der Waals surface area contributed by atoms with E-state index in [4.69, 9.17) is 0 Å². The fourth-order valence-electron chi connectivity index (χ4n) is 2.86. The molecule has 0 radical (unpaired) electrons. The normalized spacial score (nSPS) is 15.9. The lowest BCUT2D eigenvalue weighted by Gasteiger charge is -2.31. The van der Waals surface area contributed by atoms with Crippen molar-refractivity contribution in [2.45, 2.75) is 19.5 Å². The second kappa shape index (κ2) is 8.75. The highest BCUT2D eigenvalue weighted by Crippen LogP contribution is 2.25. The number of carbonyl (C=O) groups is 2. The minimum Gasteiger partial charge on any atom is -0.433 e. The fraction of sp³-hybridized carbons (Fsp3) is 0.529. The lowest BCUT2D eigenvalue weighted by atomic mass is 9.95. The van der Waals surface area contributed by atoms with Gasteiger partial charge in [-0.3, -0.25) is 14.5 Å². The molecule has 1 aliphatic heterocycles. The molecule has 0 saturated carbocycles. The van der Waals surface area contributed by atoms with Crippen LogP contribution < -0.4 is 10.1 Å². The van der Waals surface area contributed by atoms with Gasteiger partial charge in [-0.05, 0) is 38.1 Å². The number of rotatable bonds is 6. The Morgan fingerprint density at radius 3 is 2.52 bits per heavy atom. The molecule has 0 atom stereocenters. The van der Waals surface area contributed by atoms with E-state index in [1.54, 1.807) is 31.1 Å². The van der Waals surface area contributed by atoms with Crippen molar-refractivity contribution in [1.29, 1.82) is 0 Å². The van der Waals surface area contributed by atoms with Crippen LogP contribution in [-0.4, -0.2) is 62.0 Å². The molecule has 2 rings (SSSR count). The highest BCUT2D eigenvalue weighted by atomic mass is 19.3. The Hall–Kier alpha value is -2.22. The Morgan fingerprint density at radius 1 is 1.28 bits per heavy atom. The van der Waals surface area contributed by atoms with Crippen molar-refractivity contribution in [3.8, 4) is 5.75 Å². The van der Waals surface area contributed by atoms with Crippen LogP contribution in [0.25, 0.3) is 0 Å². The summed E-state index contributed by atoms with van der Waals surface area (Å²) in [7, 11) is 3.47. The second-order valence-corrected chi connectivity index (χ2v) is 6.21. The van der Waals surface area contributed by atoms with Gasteiger partial charge in [0, 0.05) is 20.0 Å². The highest BCUT2D eigenvalue weighted by Gasteiger charge is 2.26. The van der Waals surface area contributed by atoms with E-state index in [0.717, 1.165) is 0 Å². The molecule has 1 fully saturated rings. The van der Waals surface area contributed by atoms with Crippen molar-refractivity contribution >= 4 is 17.5 Å². The number of benzene rings is 1. The number of anilines is 1. The van der Waals surface area contributed by atoms with Crippen molar-refractivity contribution in [2.24, 2.45) is 5.92 Å². The van der Waals surface area contributed by atoms with Crippen molar-refractivity contribution in [1.82, 2.24) is 9.80 Å². The topological polar surface area (TPSA) is 61.9 Å². The standard InChI is InChI=1S/C17H23F2N3O3/c1-21(2)16(24)12-7-9-22(10-8-12)11-15(23)20-13-5-3-4-6-14(13)25-17(18)19/h3-6,12,17H,7-11H2,1-2H3,(H,20,23). The average Bonchev–Trinajstić information content (AvgIpc) is 2.56. The first-order valence-electron chi connectivity index (χ1n) is 8.14. The summed E-state index contributed by atoms with van der Waals surface area (Å²) in [5.41, 5.74) is 0.213. The number of nitrogens with zero attached hydrogens (tertiary/aromatic N) is 2. The Bertz CT molecular complexity index is 603. The molecular weight excluding hydrogens is 332 g/mol. The molecule has 2 amide bonds. The van der Waals surface area contributed by atoms with Crippen LogP contribution in [0, 0.1) is 5.92 Å². The summed E-state index contributed by atoms with van der Waals surface area (Å²) in [6.07, 6.45) is 1.41. The maximum Gasteiger partial charge on any atom is 0.387 e. The van der Waals surface area contributed by atoms with Crippen molar-refractivity contribution in [3.63, 3.8) is 0 Å². The fourth-order valence-corrected chi connectivity index (χ4v) is 2.86. The number of halogens is 2. The Morgan fingerprint density at radius 2 is 1.92 bits per heavy atom. The van der Waals surface area contributed by atoms with Crippen LogP contribution in [0.4, 0.5) is 14.5 Å². The van der Waals surface area contributed by atoms with Gasteiger partial charge in [-0.15, -0.1) is 0 Å². The smallest absolute Gasteiger partial charge is 0.387 e. The monoisotopic (exact) mass is 355 g/mol. The van der Waals surface area contributed by atoms with E-state index in [0.29, 0.717) is 25.9 Å². The molecule has 6 nitrogen and oxygen atoms in total. The number of likely N-dealkylation sites (tertiary alicyclic amines) is 1. The van der Waals surface area contributed by atoms with Gasteiger partial charge in [0.25, 0.3) is 0 Å². The summed E-state index contributed by atoms with van der Waals surface area (Å²) in [6, 6.07) is 6.07. The van der Waals surface area contributed by atoms with Crippen LogP contribution in [0.5, 0.6) is 5.75 Å². The van der Waals surface area contributed by atoms with E-state index in [-0.39, 0.29) is 35.7 Å². The van der Waals surface area contributed by atoms with Gasteiger partial charge >= 0.3 is 6.61 Å². The summed E-state index contributed by atoms with van der Waals surface area (Å²) in [6.45, 7) is -1.52. The molecule has 1 N–H and O–H groups in total. The van der Waals surface area contributed by atoms with E-state index in [2.05, 4.69) is 10.1 Å². The van der Waals surface area contributed by atoms with Crippen LogP contribution >= 0.6 is 0 Å². The third-order valence-electron chi connectivity index (χ3n) is 4.12. The lowest BCUT2D eigenvalue weighted by Crippen LogP contribution is -2.43. The van der Waals surface area contributed by atoms with Crippen molar-refractivity contribution < 1.29 is 23.1 Å². The molecule has 1 aliphatic rings. The summed E-state index contributed by atoms with van der Waals surface area (Å²) >= 11 is 0. The maximum absolute atomic E-state index is 12.4. The zero-order chi connectivity index (χ0) is 18.4. The second-order valence-electron chi connectivity index (χ2n) is 6.21. The van der Waals surface area contributed by atoms with Crippen LogP contribution in [0.1, 0.15) is 12.8 Å². The third kappa shape index (κ3) is 5.67. The van der Waals surface area contributed by atoms with Gasteiger partial charge in [0.2, 0.25) is 11.8 Å². The van der Waals surface area contributed by atoms with Gasteiger partial charge in [-0.2, -0.15) is 8.78 Å². The quantitative estimate of drug-likeness (QED) is 0.848. The molecule has 0 bridgehead atoms. The molecule has 0 aromatic heterocycles. The molecule has 1 saturated heterocycles. The number of hydrogen-bond donors (Lipinski definition) is 1. The zero-order valence-electron chi connectivity index (χ0n) is 14.4. The summed E-state index contributed by atoms with van der Waals surface area (Å²) < 4.78 is 29.2. The minimum absolute atomic E-state index is 0.00511. The third-order valence-corrected chi connectivity index (χ3v) is 4.12. The van der Waals surface area contributed by atoms with Crippen molar-refractivity contribution in [3.05, 3.63) is 24.3 Å². The van der Waals surface area contributed by atoms with Crippen LogP contribution in [0.3, 0.4) is 0 Å².